The number of carboxylic acid groups (broad SMARTS) is 1. The summed E-state index contributed by atoms with van der Waals surface area (Å²) in [5.41, 5.74) is 0.401. The molecule has 0 saturated carbocycles. The molecule has 1 aromatic heterocycles. The zero-order chi connectivity index (χ0) is 20.3. The number of benzene rings is 2. The molecular formula is C20H14ClNO5S. The van der Waals surface area contributed by atoms with E-state index in [9.17, 15) is 24.9 Å². The SMILES string of the molecule is O=C(O)/C(=C/c1ccc(-c2ccccc2Cl)s1)NC(=O)c1cc(O)cc(O)c1. The van der Waals surface area contributed by atoms with Gasteiger partial charge in [0.1, 0.15) is 17.2 Å². The standard InChI is InChI=1S/C20H14ClNO5S/c21-16-4-2-1-3-15(16)18-6-5-14(28-18)10-17(20(26)27)22-19(25)11-7-12(23)9-13(24)8-11/h1-10,23-24H,(H,22,25)(H,26,27)/b17-10-. The first-order valence-corrected chi connectivity index (χ1v) is 9.17. The number of aromatic hydroxyl groups is 2. The smallest absolute Gasteiger partial charge is 0.352 e. The minimum Gasteiger partial charge on any atom is -0.508 e. The Morgan fingerprint density at radius 2 is 1.68 bits per heavy atom. The maximum absolute atomic E-state index is 12.3. The molecule has 28 heavy (non-hydrogen) atoms. The Morgan fingerprint density at radius 1 is 1.00 bits per heavy atom. The van der Waals surface area contributed by atoms with E-state index < -0.39 is 11.9 Å². The van der Waals surface area contributed by atoms with Crippen LogP contribution in [0.4, 0.5) is 0 Å². The maximum Gasteiger partial charge on any atom is 0.352 e. The molecule has 2 aromatic carbocycles. The third-order valence-corrected chi connectivity index (χ3v) is 5.09. The summed E-state index contributed by atoms with van der Waals surface area (Å²) in [7, 11) is 0. The second-order valence-electron chi connectivity index (χ2n) is 5.74. The van der Waals surface area contributed by atoms with Gasteiger partial charge in [0.15, 0.2) is 0 Å². The molecule has 0 aliphatic rings. The van der Waals surface area contributed by atoms with Crippen LogP contribution in [0, 0.1) is 0 Å². The molecule has 0 fully saturated rings. The summed E-state index contributed by atoms with van der Waals surface area (Å²) in [6, 6.07) is 14.1. The van der Waals surface area contributed by atoms with Crippen LogP contribution in [0.2, 0.25) is 5.02 Å². The van der Waals surface area contributed by atoms with Gasteiger partial charge in [-0.3, -0.25) is 4.79 Å². The number of phenolic OH excluding ortho intramolecular Hbond substituents is 2. The third-order valence-electron chi connectivity index (χ3n) is 3.70. The number of nitrogens with one attached hydrogen (secondary N) is 1. The van der Waals surface area contributed by atoms with E-state index in [0.29, 0.717) is 9.90 Å². The van der Waals surface area contributed by atoms with Crippen molar-refractivity contribution in [2.24, 2.45) is 0 Å². The fourth-order valence-electron chi connectivity index (χ4n) is 2.45. The van der Waals surface area contributed by atoms with Gasteiger partial charge in [-0.2, -0.15) is 0 Å². The number of hydrogen-bond acceptors (Lipinski definition) is 5. The van der Waals surface area contributed by atoms with Crippen LogP contribution in [0.25, 0.3) is 16.5 Å². The fourth-order valence-corrected chi connectivity index (χ4v) is 3.73. The predicted molar refractivity (Wildman–Crippen MR) is 108 cm³/mol. The zero-order valence-corrected chi connectivity index (χ0v) is 15.8. The monoisotopic (exact) mass is 415 g/mol. The highest BCUT2D eigenvalue weighted by Crippen LogP contribution is 2.34. The first-order chi connectivity index (χ1) is 13.3. The van der Waals surface area contributed by atoms with E-state index in [-0.39, 0.29) is 22.8 Å². The van der Waals surface area contributed by atoms with Crippen LogP contribution in [0.3, 0.4) is 0 Å². The number of hydrogen-bond donors (Lipinski definition) is 4. The first-order valence-electron chi connectivity index (χ1n) is 7.97. The number of rotatable bonds is 5. The summed E-state index contributed by atoms with van der Waals surface area (Å²) in [6.07, 6.45) is 1.33. The Balaban J connectivity index is 1.86. The molecule has 0 atom stereocenters. The molecule has 0 aliphatic carbocycles. The van der Waals surface area contributed by atoms with Gasteiger partial charge >= 0.3 is 5.97 Å². The van der Waals surface area contributed by atoms with Crippen LogP contribution in [-0.4, -0.2) is 27.2 Å². The lowest BCUT2D eigenvalue weighted by Crippen LogP contribution is -2.27. The van der Waals surface area contributed by atoms with Crippen molar-refractivity contribution >= 4 is 40.9 Å². The number of carbonyl (C=O) groups excluding carboxylic acids is 1. The Hall–Kier alpha value is -3.29. The number of amides is 1. The third kappa shape index (κ3) is 4.51. The summed E-state index contributed by atoms with van der Waals surface area (Å²) in [4.78, 5) is 25.3. The van der Waals surface area contributed by atoms with Crippen LogP contribution in [0.15, 0.2) is 60.3 Å². The number of aliphatic carboxylic acids is 1. The van der Waals surface area contributed by atoms with Gasteiger partial charge in [0.05, 0.1) is 0 Å². The van der Waals surface area contributed by atoms with Crippen molar-refractivity contribution in [1.82, 2.24) is 5.32 Å². The lowest BCUT2D eigenvalue weighted by atomic mass is 10.2. The highest BCUT2D eigenvalue weighted by atomic mass is 35.5. The van der Waals surface area contributed by atoms with Crippen LogP contribution >= 0.6 is 22.9 Å². The Bertz CT molecular complexity index is 1070. The Morgan fingerprint density at radius 3 is 2.32 bits per heavy atom. The predicted octanol–water partition coefficient (Wildman–Crippen LogP) is 4.34. The molecule has 0 unspecified atom stereocenters. The van der Waals surface area contributed by atoms with Crippen molar-refractivity contribution in [3.63, 3.8) is 0 Å². The number of phenols is 2. The van der Waals surface area contributed by atoms with Crippen LogP contribution < -0.4 is 5.32 Å². The van der Waals surface area contributed by atoms with Crippen LogP contribution in [-0.2, 0) is 4.79 Å². The van der Waals surface area contributed by atoms with Crippen molar-refractivity contribution in [2.75, 3.05) is 0 Å². The van der Waals surface area contributed by atoms with Crippen molar-refractivity contribution in [2.45, 2.75) is 0 Å². The van der Waals surface area contributed by atoms with Gasteiger partial charge in [-0.1, -0.05) is 29.8 Å². The average Bonchev–Trinajstić information content (AvgIpc) is 3.09. The Kier molecular flexibility index (Phi) is 5.67. The Labute approximate surface area is 169 Å². The fraction of sp³-hybridized carbons (Fsp3) is 0. The van der Waals surface area contributed by atoms with E-state index in [0.717, 1.165) is 28.6 Å². The molecule has 0 saturated heterocycles. The molecule has 4 N–H and O–H groups in total. The van der Waals surface area contributed by atoms with Gasteiger partial charge in [-0.15, -0.1) is 11.3 Å². The highest BCUT2D eigenvalue weighted by Gasteiger charge is 2.16. The normalized spacial score (nSPS) is 11.2. The molecule has 0 radical (unpaired) electrons. The van der Waals surface area contributed by atoms with E-state index in [2.05, 4.69) is 5.32 Å². The number of thiophene rings is 1. The number of halogens is 1. The topological polar surface area (TPSA) is 107 Å². The molecular weight excluding hydrogens is 402 g/mol. The van der Waals surface area contributed by atoms with E-state index in [1.807, 2.05) is 24.3 Å². The first kappa shape index (κ1) is 19.5. The van der Waals surface area contributed by atoms with Crippen LogP contribution in [0.5, 0.6) is 11.5 Å². The molecule has 8 heteroatoms. The van der Waals surface area contributed by atoms with Gasteiger partial charge in [-0.25, -0.2) is 4.79 Å². The summed E-state index contributed by atoms with van der Waals surface area (Å²) in [6.45, 7) is 0. The highest BCUT2D eigenvalue weighted by molar-refractivity contribution is 7.16. The van der Waals surface area contributed by atoms with Gasteiger partial charge in [-0.05, 0) is 36.4 Å². The number of carbonyl (C=O) groups is 2. The summed E-state index contributed by atoms with van der Waals surface area (Å²) >= 11 is 7.50. The van der Waals surface area contributed by atoms with Crippen molar-refractivity contribution < 1.29 is 24.9 Å². The summed E-state index contributed by atoms with van der Waals surface area (Å²) in [5, 5.41) is 31.2. The molecule has 6 nitrogen and oxygen atoms in total. The number of carboxylic acids is 1. The van der Waals surface area contributed by atoms with E-state index in [1.165, 1.54) is 17.4 Å². The van der Waals surface area contributed by atoms with Gasteiger partial charge < -0.3 is 20.6 Å². The second-order valence-corrected chi connectivity index (χ2v) is 7.26. The van der Waals surface area contributed by atoms with Crippen molar-refractivity contribution in [3.8, 4) is 21.9 Å². The maximum atomic E-state index is 12.3. The molecule has 0 bridgehead atoms. The average molecular weight is 416 g/mol. The lowest BCUT2D eigenvalue weighted by molar-refractivity contribution is -0.132. The molecule has 3 rings (SSSR count). The summed E-state index contributed by atoms with van der Waals surface area (Å²) < 4.78 is 0. The van der Waals surface area contributed by atoms with Crippen molar-refractivity contribution in [1.29, 1.82) is 0 Å². The summed E-state index contributed by atoms with van der Waals surface area (Å²) in [5.74, 6) is -2.73. The lowest BCUT2D eigenvalue weighted by Gasteiger charge is -2.07. The molecule has 0 aliphatic heterocycles. The molecule has 1 amide bonds. The largest absolute Gasteiger partial charge is 0.508 e. The van der Waals surface area contributed by atoms with Gasteiger partial charge in [0.2, 0.25) is 0 Å². The molecule has 0 spiro atoms. The van der Waals surface area contributed by atoms with E-state index in [1.54, 1.807) is 12.1 Å². The second kappa shape index (κ2) is 8.16. The molecule has 1 heterocycles. The quantitative estimate of drug-likeness (QED) is 0.464. The van der Waals surface area contributed by atoms with E-state index >= 15 is 0 Å². The minimum atomic E-state index is -1.33. The van der Waals surface area contributed by atoms with Crippen LogP contribution in [0.1, 0.15) is 15.2 Å². The minimum absolute atomic E-state index is 0.0763. The van der Waals surface area contributed by atoms with E-state index in [4.69, 9.17) is 11.6 Å². The van der Waals surface area contributed by atoms with Crippen molar-refractivity contribution in [3.05, 3.63) is 75.8 Å². The molecule has 142 valence electrons. The van der Waals surface area contributed by atoms with Gasteiger partial charge in [0.25, 0.3) is 5.91 Å². The zero-order valence-electron chi connectivity index (χ0n) is 14.2. The van der Waals surface area contributed by atoms with Gasteiger partial charge in [0, 0.05) is 32.0 Å². The molecule has 3 aromatic rings.